The number of carbonyl (C=O) groups is 2. The lowest BCUT2D eigenvalue weighted by Gasteiger charge is -2.16. The number of hydrazine groups is 1. The minimum Gasteiger partial charge on any atom is -0.494 e. The van der Waals surface area contributed by atoms with Gasteiger partial charge in [-0.1, -0.05) is 0 Å². The zero-order valence-electron chi connectivity index (χ0n) is 20.0. The van der Waals surface area contributed by atoms with E-state index in [1.54, 1.807) is 35.9 Å². The molecule has 0 unspecified atom stereocenters. The molecule has 0 saturated carbocycles. The summed E-state index contributed by atoms with van der Waals surface area (Å²) in [6, 6.07) is 7.00. The van der Waals surface area contributed by atoms with Gasteiger partial charge in [-0.25, -0.2) is 4.98 Å². The molecule has 0 fully saturated rings. The minimum atomic E-state index is -0.784. The monoisotopic (exact) mass is 453 g/mol. The SMILES string of the molecule is CCOc1ccc(O[C@@H](C)C(=O)NNC(=O)CCc2c(C)nc3c(c(C)nn3C)c2C)cc1. The van der Waals surface area contributed by atoms with Crippen LogP contribution in [-0.2, 0) is 23.1 Å². The summed E-state index contributed by atoms with van der Waals surface area (Å²) in [7, 11) is 1.87. The number of nitrogens with zero attached hydrogens (tertiary/aromatic N) is 3. The molecule has 176 valence electrons. The molecular weight excluding hydrogens is 422 g/mol. The van der Waals surface area contributed by atoms with E-state index >= 15 is 0 Å². The zero-order chi connectivity index (χ0) is 24.1. The smallest absolute Gasteiger partial charge is 0.279 e. The molecular formula is C24H31N5O4. The van der Waals surface area contributed by atoms with Crippen molar-refractivity contribution >= 4 is 22.8 Å². The largest absolute Gasteiger partial charge is 0.494 e. The van der Waals surface area contributed by atoms with Gasteiger partial charge in [-0.05, 0) is 76.4 Å². The molecule has 1 aromatic carbocycles. The van der Waals surface area contributed by atoms with Crippen LogP contribution in [0.5, 0.6) is 11.5 Å². The number of benzene rings is 1. The predicted molar refractivity (Wildman–Crippen MR) is 125 cm³/mol. The maximum absolute atomic E-state index is 12.3. The number of hydrogen-bond donors (Lipinski definition) is 2. The minimum absolute atomic E-state index is 0.211. The standard InChI is InChI=1S/C24H31N5O4/c1-7-32-18-8-10-19(11-9-18)33-17(5)24(31)27-26-21(30)13-12-20-14(2)22-16(4)28-29(6)23(22)25-15(20)3/h8-11,17H,7,12-13H2,1-6H3,(H,26,30)(H,27,31)/t17-/m0/s1. The lowest BCUT2D eigenvalue weighted by molar-refractivity contribution is -0.132. The Morgan fingerprint density at radius 3 is 2.39 bits per heavy atom. The first-order chi connectivity index (χ1) is 15.7. The van der Waals surface area contributed by atoms with Crippen LogP contribution in [0.1, 0.15) is 42.8 Å². The van der Waals surface area contributed by atoms with E-state index in [0.717, 1.165) is 39.3 Å². The van der Waals surface area contributed by atoms with Crippen LogP contribution in [0, 0.1) is 20.8 Å². The van der Waals surface area contributed by atoms with Crippen LogP contribution in [0.25, 0.3) is 11.0 Å². The first kappa shape index (κ1) is 24.0. The van der Waals surface area contributed by atoms with Crippen molar-refractivity contribution in [1.29, 1.82) is 0 Å². The highest BCUT2D eigenvalue weighted by Gasteiger charge is 2.18. The first-order valence-corrected chi connectivity index (χ1v) is 11.0. The Bertz CT molecular complexity index is 1150. The molecule has 33 heavy (non-hydrogen) atoms. The van der Waals surface area contributed by atoms with Gasteiger partial charge in [-0.15, -0.1) is 0 Å². The fourth-order valence-electron chi connectivity index (χ4n) is 3.80. The molecule has 3 aromatic rings. The lowest BCUT2D eigenvalue weighted by atomic mass is 9.99. The molecule has 3 rings (SSSR count). The number of rotatable bonds is 8. The third kappa shape index (κ3) is 5.60. The second-order valence-electron chi connectivity index (χ2n) is 7.91. The average Bonchev–Trinajstić information content (AvgIpc) is 3.06. The Hall–Kier alpha value is -3.62. The van der Waals surface area contributed by atoms with Gasteiger partial charge < -0.3 is 9.47 Å². The van der Waals surface area contributed by atoms with Crippen molar-refractivity contribution in [3.63, 3.8) is 0 Å². The van der Waals surface area contributed by atoms with Gasteiger partial charge in [0.2, 0.25) is 5.91 Å². The van der Waals surface area contributed by atoms with E-state index in [1.165, 1.54) is 0 Å². The van der Waals surface area contributed by atoms with E-state index in [1.807, 2.05) is 34.7 Å². The van der Waals surface area contributed by atoms with Crippen LogP contribution in [0.2, 0.25) is 0 Å². The Kier molecular flexibility index (Phi) is 7.52. The summed E-state index contributed by atoms with van der Waals surface area (Å²) in [6.07, 6.45) is -0.0647. The quantitative estimate of drug-likeness (QED) is 0.508. The summed E-state index contributed by atoms with van der Waals surface area (Å²) in [5.41, 5.74) is 9.61. The second kappa shape index (κ2) is 10.3. The summed E-state index contributed by atoms with van der Waals surface area (Å²) in [6.45, 7) is 10.0. The van der Waals surface area contributed by atoms with Gasteiger partial charge in [-0.3, -0.25) is 25.1 Å². The van der Waals surface area contributed by atoms with Crippen molar-refractivity contribution in [2.24, 2.45) is 7.05 Å². The van der Waals surface area contributed by atoms with Crippen LogP contribution in [0.15, 0.2) is 24.3 Å². The molecule has 2 heterocycles. The van der Waals surface area contributed by atoms with Gasteiger partial charge in [0.15, 0.2) is 11.8 Å². The van der Waals surface area contributed by atoms with Crippen LogP contribution in [0.3, 0.4) is 0 Å². The predicted octanol–water partition coefficient (Wildman–Crippen LogP) is 2.84. The Balaban J connectivity index is 1.52. The maximum Gasteiger partial charge on any atom is 0.279 e. The second-order valence-corrected chi connectivity index (χ2v) is 7.91. The van der Waals surface area contributed by atoms with E-state index in [4.69, 9.17) is 9.47 Å². The number of nitrogens with one attached hydrogen (secondary N) is 2. The topological polar surface area (TPSA) is 107 Å². The molecule has 0 bridgehead atoms. The molecule has 0 aliphatic carbocycles. The van der Waals surface area contributed by atoms with Crippen molar-refractivity contribution in [1.82, 2.24) is 25.6 Å². The summed E-state index contributed by atoms with van der Waals surface area (Å²) < 4.78 is 12.8. The van der Waals surface area contributed by atoms with Crippen LogP contribution in [0.4, 0.5) is 0 Å². The number of aromatic nitrogens is 3. The molecule has 0 aliphatic rings. The number of pyridine rings is 1. The number of hydrogen-bond acceptors (Lipinski definition) is 6. The molecule has 1 atom stereocenters. The Morgan fingerprint density at radius 1 is 1.06 bits per heavy atom. The molecule has 0 radical (unpaired) electrons. The number of ether oxygens (including phenoxy) is 2. The van der Waals surface area contributed by atoms with E-state index in [0.29, 0.717) is 18.8 Å². The van der Waals surface area contributed by atoms with Gasteiger partial charge in [0, 0.05) is 24.5 Å². The number of amides is 2. The van der Waals surface area contributed by atoms with E-state index in [9.17, 15) is 9.59 Å². The van der Waals surface area contributed by atoms with Gasteiger partial charge >= 0.3 is 0 Å². The average molecular weight is 454 g/mol. The highest BCUT2D eigenvalue weighted by Crippen LogP contribution is 2.26. The Labute approximate surface area is 193 Å². The third-order valence-electron chi connectivity index (χ3n) is 5.47. The Morgan fingerprint density at radius 2 is 1.73 bits per heavy atom. The van der Waals surface area contributed by atoms with Crippen LogP contribution >= 0.6 is 0 Å². The van der Waals surface area contributed by atoms with Crippen LogP contribution < -0.4 is 20.3 Å². The van der Waals surface area contributed by atoms with Crippen molar-refractivity contribution in [2.45, 2.75) is 53.6 Å². The lowest BCUT2D eigenvalue weighted by Crippen LogP contribution is -2.47. The molecule has 0 aliphatic heterocycles. The maximum atomic E-state index is 12.3. The van der Waals surface area contributed by atoms with E-state index in [2.05, 4.69) is 20.9 Å². The summed E-state index contributed by atoms with van der Waals surface area (Å²) in [4.78, 5) is 29.3. The number of carbonyl (C=O) groups excluding carboxylic acids is 2. The molecule has 0 spiro atoms. The van der Waals surface area contributed by atoms with Gasteiger partial charge in [0.25, 0.3) is 5.91 Å². The van der Waals surface area contributed by atoms with Crippen molar-refractivity contribution in [2.75, 3.05) is 6.61 Å². The van der Waals surface area contributed by atoms with Gasteiger partial charge in [-0.2, -0.15) is 5.10 Å². The molecule has 9 heteroatoms. The fourth-order valence-corrected chi connectivity index (χ4v) is 3.80. The summed E-state index contributed by atoms with van der Waals surface area (Å²) in [5.74, 6) is 0.525. The molecule has 2 aromatic heterocycles. The third-order valence-corrected chi connectivity index (χ3v) is 5.47. The molecule has 2 N–H and O–H groups in total. The van der Waals surface area contributed by atoms with E-state index < -0.39 is 12.0 Å². The molecule has 0 saturated heterocycles. The summed E-state index contributed by atoms with van der Waals surface area (Å²) in [5, 5.41) is 5.47. The van der Waals surface area contributed by atoms with Gasteiger partial charge in [0.05, 0.1) is 12.3 Å². The molecule has 9 nitrogen and oxygen atoms in total. The van der Waals surface area contributed by atoms with Crippen molar-refractivity contribution < 1.29 is 19.1 Å². The highest BCUT2D eigenvalue weighted by molar-refractivity contribution is 5.85. The fraction of sp³-hybridized carbons (Fsp3) is 0.417. The van der Waals surface area contributed by atoms with Crippen LogP contribution in [-0.4, -0.2) is 39.3 Å². The normalized spacial score (nSPS) is 11.8. The number of fused-ring (bicyclic) bond motifs is 1. The van der Waals surface area contributed by atoms with Crippen molar-refractivity contribution in [3.8, 4) is 11.5 Å². The number of aryl methyl sites for hydroxylation is 4. The molecule has 2 amide bonds. The van der Waals surface area contributed by atoms with Gasteiger partial charge in [0.1, 0.15) is 11.5 Å². The van der Waals surface area contributed by atoms with Crippen molar-refractivity contribution in [3.05, 3.63) is 46.8 Å². The van der Waals surface area contributed by atoms with E-state index in [-0.39, 0.29) is 12.3 Å². The zero-order valence-corrected chi connectivity index (χ0v) is 20.0. The summed E-state index contributed by atoms with van der Waals surface area (Å²) >= 11 is 0. The highest BCUT2D eigenvalue weighted by atomic mass is 16.5. The first-order valence-electron chi connectivity index (χ1n) is 11.0.